The third-order valence-corrected chi connectivity index (χ3v) is 4.30. The van der Waals surface area contributed by atoms with E-state index in [1.165, 1.54) is 4.90 Å². The van der Waals surface area contributed by atoms with Crippen LogP contribution in [0.15, 0.2) is 54.6 Å². The molecule has 6 heteroatoms. The Kier molecular flexibility index (Phi) is 8.14. The van der Waals surface area contributed by atoms with Gasteiger partial charge in [-0.05, 0) is 43.2 Å². The maximum Gasteiger partial charge on any atom is 0.261 e. The molecule has 2 rings (SSSR count). The summed E-state index contributed by atoms with van der Waals surface area (Å²) in [6.45, 7) is 4.40. The molecule has 0 saturated heterocycles. The fourth-order valence-electron chi connectivity index (χ4n) is 2.56. The fourth-order valence-corrected chi connectivity index (χ4v) is 2.77. The van der Waals surface area contributed by atoms with E-state index < -0.39 is 6.04 Å². The minimum atomic E-state index is -0.623. The van der Waals surface area contributed by atoms with E-state index in [0.717, 1.165) is 12.0 Å². The summed E-state index contributed by atoms with van der Waals surface area (Å²) in [6, 6.07) is 15.8. The van der Waals surface area contributed by atoms with E-state index in [1.54, 1.807) is 31.2 Å². The molecule has 2 aromatic carbocycles. The zero-order chi connectivity index (χ0) is 19.6. The van der Waals surface area contributed by atoms with Crippen LogP contribution in [0.4, 0.5) is 0 Å². The van der Waals surface area contributed by atoms with Gasteiger partial charge in [-0.15, -0.1) is 0 Å². The molecule has 5 nitrogen and oxygen atoms in total. The monoisotopic (exact) mass is 388 g/mol. The van der Waals surface area contributed by atoms with E-state index in [2.05, 4.69) is 5.32 Å². The number of nitrogens with zero attached hydrogens (tertiary/aromatic N) is 1. The molecule has 1 unspecified atom stereocenters. The van der Waals surface area contributed by atoms with E-state index in [0.29, 0.717) is 17.3 Å². The van der Waals surface area contributed by atoms with Gasteiger partial charge >= 0.3 is 0 Å². The molecule has 0 saturated carbocycles. The molecule has 0 spiro atoms. The van der Waals surface area contributed by atoms with Crippen molar-refractivity contribution in [2.75, 3.05) is 13.2 Å². The highest BCUT2D eigenvalue weighted by atomic mass is 35.5. The van der Waals surface area contributed by atoms with E-state index in [-0.39, 0.29) is 25.0 Å². The third-order valence-electron chi connectivity index (χ3n) is 4.06. The van der Waals surface area contributed by atoms with Crippen LogP contribution < -0.4 is 10.1 Å². The minimum Gasteiger partial charge on any atom is -0.484 e. The Bertz CT molecular complexity index is 752. The molecule has 0 aliphatic rings. The van der Waals surface area contributed by atoms with Crippen LogP contribution in [0.3, 0.4) is 0 Å². The van der Waals surface area contributed by atoms with Crippen molar-refractivity contribution in [3.8, 4) is 5.75 Å². The molecular weight excluding hydrogens is 364 g/mol. The molecule has 0 bridgehead atoms. The predicted octanol–water partition coefficient (Wildman–Crippen LogP) is 3.66. The van der Waals surface area contributed by atoms with Gasteiger partial charge in [-0.25, -0.2) is 0 Å². The second-order valence-electron chi connectivity index (χ2n) is 6.22. The number of hydrogen-bond acceptors (Lipinski definition) is 3. The van der Waals surface area contributed by atoms with Gasteiger partial charge in [-0.1, -0.05) is 48.9 Å². The van der Waals surface area contributed by atoms with Crippen molar-refractivity contribution in [3.05, 3.63) is 65.2 Å². The van der Waals surface area contributed by atoms with Gasteiger partial charge in [0.05, 0.1) is 0 Å². The predicted molar refractivity (Wildman–Crippen MR) is 107 cm³/mol. The van der Waals surface area contributed by atoms with Crippen LogP contribution in [0.5, 0.6) is 5.75 Å². The molecule has 0 fully saturated rings. The molecule has 0 aliphatic heterocycles. The standard InChI is InChI=1S/C21H25ClN2O3/c1-3-12-23-21(26)16(2)24(14-17-8-7-9-18(22)13-17)20(25)15-27-19-10-5-4-6-11-19/h4-11,13,16H,3,12,14-15H2,1-2H3,(H,23,26). The van der Waals surface area contributed by atoms with Gasteiger partial charge in [0.2, 0.25) is 5.91 Å². The van der Waals surface area contributed by atoms with Crippen molar-refractivity contribution < 1.29 is 14.3 Å². The van der Waals surface area contributed by atoms with E-state index in [9.17, 15) is 9.59 Å². The second-order valence-corrected chi connectivity index (χ2v) is 6.66. The number of nitrogens with one attached hydrogen (secondary N) is 1. The van der Waals surface area contributed by atoms with Crippen molar-refractivity contribution in [1.82, 2.24) is 10.2 Å². The molecule has 144 valence electrons. The Morgan fingerprint density at radius 2 is 1.89 bits per heavy atom. The Balaban J connectivity index is 2.11. The fraction of sp³-hybridized carbons (Fsp3) is 0.333. The highest BCUT2D eigenvalue weighted by Gasteiger charge is 2.26. The van der Waals surface area contributed by atoms with Gasteiger partial charge in [-0.3, -0.25) is 9.59 Å². The number of hydrogen-bond donors (Lipinski definition) is 1. The zero-order valence-corrected chi connectivity index (χ0v) is 16.4. The summed E-state index contributed by atoms with van der Waals surface area (Å²) in [7, 11) is 0. The number of para-hydroxylation sites is 1. The topological polar surface area (TPSA) is 58.6 Å². The number of halogens is 1. The third kappa shape index (κ3) is 6.61. The number of benzene rings is 2. The quantitative estimate of drug-likeness (QED) is 0.713. The van der Waals surface area contributed by atoms with Gasteiger partial charge in [0.15, 0.2) is 6.61 Å². The SMILES string of the molecule is CCCNC(=O)C(C)N(Cc1cccc(Cl)c1)C(=O)COc1ccccc1. The molecule has 0 radical (unpaired) electrons. The van der Waals surface area contributed by atoms with Crippen LogP contribution in [0, 0.1) is 0 Å². The van der Waals surface area contributed by atoms with Crippen molar-refractivity contribution in [2.45, 2.75) is 32.9 Å². The Labute approximate surface area is 165 Å². The summed E-state index contributed by atoms with van der Waals surface area (Å²) in [5.74, 6) is 0.154. The lowest BCUT2D eigenvalue weighted by Crippen LogP contribution is -2.49. The molecule has 0 heterocycles. The molecule has 0 aliphatic carbocycles. The van der Waals surface area contributed by atoms with Gasteiger partial charge in [0.25, 0.3) is 5.91 Å². The molecule has 1 N–H and O–H groups in total. The van der Waals surface area contributed by atoms with Crippen molar-refractivity contribution in [2.24, 2.45) is 0 Å². The first-order chi connectivity index (χ1) is 13.0. The maximum absolute atomic E-state index is 12.8. The minimum absolute atomic E-state index is 0.143. The number of ether oxygens (including phenoxy) is 1. The van der Waals surface area contributed by atoms with Crippen LogP contribution in [-0.4, -0.2) is 35.9 Å². The summed E-state index contributed by atoms with van der Waals surface area (Å²) < 4.78 is 5.57. The van der Waals surface area contributed by atoms with Gasteiger partial charge in [0.1, 0.15) is 11.8 Å². The lowest BCUT2D eigenvalue weighted by atomic mass is 10.1. The van der Waals surface area contributed by atoms with Crippen molar-refractivity contribution >= 4 is 23.4 Å². The van der Waals surface area contributed by atoms with Gasteiger partial charge in [-0.2, -0.15) is 0 Å². The van der Waals surface area contributed by atoms with Crippen molar-refractivity contribution in [1.29, 1.82) is 0 Å². The molecule has 2 aromatic rings. The highest BCUT2D eigenvalue weighted by molar-refractivity contribution is 6.30. The summed E-state index contributed by atoms with van der Waals surface area (Å²) in [4.78, 5) is 26.7. The maximum atomic E-state index is 12.8. The van der Waals surface area contributed by atoms with E-state index in [4.69, 9.17) is 16.3 Å². The van der Waals surface area contributed by atoms with Crippen LogP contribution in [-0.2, 0) is 16.1 Å². The Hall–Kier alpha value is -2.53. The van der Waals surface area contributed by atoms with Crippen LogP contribution in [0.2, 0.25) is 5.02 Å². The number of amides is 2. The largest absolute Gasteiger partial charge is 0.484 e. The number of carbonyl (C=O) groups excluding carboxylic acids is 2. The highest BCUT2D eigenvalue weighted by Crippen LogP contribution is 2.15. The van der Waals surface area contributed by atoms with E-state index >= 15 is 0 Å². The first-order valence-electron chi connectivity index (χ1n) is 9.00. The zero-order valence-electron chi connectivity index (χ0n) is 15.7. The summed E-state index contributed by atoms with van der Waals surface area (Å²) >= 11 is 6.05. The average molecular weight is 389 g/mol. The average Bonchev–Trinajstić information content (AvgIpc) is 2.68. The van der Waals surface area contributed by atoms with Crippen LogP contribution in [0.25, 0.3) is 0 Å². The molecular formula is C21H25ClN2O3. The second kappa shape index (κ2) is 10.6. The number of carbonyl (C=O) groups is 2. The van der Waals surface area contributed by atoms with E-state index in [1.807, 2.05) is 37.3 Å². The number of rotatable bonds is 9. The smallest absolute Gasteiger partial charge is 0.261 e. The first kappa shape index (κ1) is 20.8. The molecule has 1 atom stereocenters. The Morgan fingerprint density at radius 3 is 2.56 bits per heavy atom. The molecule has 27 heavy (non-hydrogen) atoms. The van der Waals surface area contributed by atoms with Crippen LogP contribution >= 0.6 is 11.6 Å². The van der Waals surface area contributed by atoms with Gasteiger partial charge in [0, 0.05) is 18.1 Å². The molecule has 2 amide bonds. The molecule has 0 aromatic heterocycles. The lowest BCUT2D eigenvalue weighted by Gasteiger charge is -2.28. The van der Waals surface area contributed by atoms with Crippen LogP contribution in [0.1, 0.15) is 25.8 Å². The summed E-state index contributed by atoms with van der Waals surface area (Å²) in [6.07, 6.45) is 0.831. The first-order valence-corrected chi connectivity index (χ1v) is 9.38. The lowest BCUT2D eigenvalue weighted by molar-refractivity contribution is -0.142. The normalized spacial score (nSPS) is 11.5. The Morgan fingerprint density at radius 1 is 1.15 bits per heavy atom. The van der Waals surface area contributed by atoms with Crippen molar-refractivity contribution in [3.63, 3.8) is 0 Å². The van der Waals surface area contributed by atoms with Gasteiger partial charge < -0.3 is 15.0 Å². The summed E-state index contributed by atoms with van der Waals surface area (Å²) in [5.41, 5.74) is 0.853. The summed E-state index contributed by atoms with van der Waals surface area (Å²) in [5, 5.41) is 3.43.